The van der Waals surface area contributed by atoms with Gasteiger partial charge in [-0.1, -0.05) is 52.3 Å². The highest BCUT2D eigenvalue weighted by Gasteiger charge is 2.40. The van der Waals surface area contributed by atoms with E-state index >= 15 is 0 Å². The van der Waals surface area contributed by atoms with Crippen LogP contribution in [0.3, 0.4) is 0 Å². The van der Waals surface area contributed by atoms with E-state index in [0.29, 0.717) is 56.9 Å². The molecule has 2 amide bonds. The molecule has 0 spiro atoms. The molecule has 2 heterocycles. The van der Waals surface area contributed by atoms with E-state index in [1.54, 1.807) is 24.3 Å². The normalized spacial score (nSPS) is 25.1. The van der Waals surface area contributed by atoms with Crippen LogP contribution in [0.15, 0.2) is 30.3 Å². The maximum atomic E-state index is 12.9. The molecule has 0 saturated carbocycles. The van der Waals surface area contributed by atoms with Crippen molar-refractivity contribution in [1.82, 2.24) is 10.2 Å². The Bertz CT molecular complexity index is 1210. The van der Waals surface area contributed by atoms with E-state index in [2.05, 4.69) is 26.1 Å². The van der Waals surface area contributed by atoms with E-state index in [1.807, 2.05) is 17.9 Å². The van der Waals surface area contributed by atoms with Crippen LogP contribution in [-0.4, -0.2) is 85.3 Å². The third-order valence-electron chi connectivity index (χ3n) is 9.99. The molecule has 49 heavy (non-hydrogen) atoms. The van der Waals surface area contributed by atoms with Crippen LogP contribution >= 0.6 is 0 Å². The fourth-order valence-electron chi connectivity index (χ4n) is 6.48. The van der Waals surface area contributed by atoms with Crippen molar-refractivity contribution in [1.29, 1.82) is 0 Å². The molecule has 2 saturated heterocycles. The summed E-state index contributed by atoms with van der Waals surface area (Å²) in [6, 6.07) is 8.98. The van der Waals surface area contributed by atoms with Crippen molar-refractivity contribution < 1.29 is 42.9 Å². The van der Waals surface area contributed by atoms with Gasteiger partial charge in [0.1, 0.15) is 18.5 Å². The number of hydrogen-bond donors (Lipinski definition) is 1. The fourth-order valence-corrected chi connectivity index (χ4v) is 6.48. The number of ether oxygens (including phenoxy) is 4. The minimum Gasteiger partial charge on any atom is -0.460 e. The van der Waals surface area contributed by atoms with Gasteiger partial charge < -0.3 is 34.0 Å². The second-order valence-corrected chi connectivity index (χ2v) is 13.7. The summed E-state index contributed by atoms with van der Waals surface area (Å²) in [6.45, 7) is 11.5. The first kappa shape index (κ1) is 40.1. The van der Waals surface area contributed by atoms with Gasteiger partial charge in [-0.25, -0.2) is 4.79 Å². The molecule has 11 nitrogen and oxygen atoms in total. The summed E-state index contributed by atoms with van der Waals surface area (Å²) in [5.41, 5.74) is 0.514. The lowest BCUT2D eigenvalue weighted by Gasteiger charge is -2.43. The number of likely N-dealkylation sites (tertiary alicyclic amines) is 1. The van der Waals surface area contributed by atoms with Gasteiger partial charge in [0.15, 0.2) is 6.29 Å². The van der Waals surface area contributed by atoms with Gasteiger partial charge in [-0.2, -0.15) is 0 Å². The Balaban J connectivity index is 1.23. The largest absolute Gasteiger partial charge is 0.460 e. The number of nitrogens with one attached hydrogen (secondary N) is 1. The van der Waals surface area contributed by atoms with Crippen molar-refractivity contribution in [3.05, 3.63) is 35.9 Å². The molecule has 3 rings (SSSR count). The lowest BCUT2D eigenvalue weighted by Crippen LogP contribution is -2.48. The number of benzene rings is 1. The summed E-state index contributed by atoms with van der Waals surface area (Å²) in [5, 5.41) is 2.97. The molecule has 0 radical (unpaired) electrons. The minimum absolute atomic E-state index is 0.00727. The maximum absolute atomic E-state index is 12.9. The third kappa shape index (κ3) is 13.5. The monoisotopic (exact) mass is 686 g/mol. The number of esters is 2. The van der Waals surface area contributed by atoms with E-state index in [0.717, 1.165) is 32.1 Å². The Kier molecular flexibility index (Phi) is 17.2. The molecule has 11 heteroatoms. The van der Waals surface area contributed by atoms with Crippen molar-refractivity contribution in [3.63, 3.8) is 0 Å². The fraction of sp³-hybridized carbons (Fsp3) is 0.711. The number of ketones is 1. The van der Waals surface area contributed by atoms with Crippen molar-refractivity contribution >= 4 is 29.5 Å². The first-order valence-corrected chi connectivity index (χ1v) is 18.2. The van der Waals surface area contributed by atoms with Gasteiger partial charge in [0, 0.05) is 50.8 Å². The van der Waals surface area contributed by atoms with Gasteiger partial charge in [0.05, 0.1) is 24.6 Å². The van der Waals surface area contributed by atoms with Crippen molar-refractivity contribution in [2.24, 2.45) is 17.8 Å². The predicted octanol–water partition coefficient (Wildman–Crippen LogP) is 5.63. The number of rotatable bonds is 20. The second-order valence-electron chi connectivity index (χ2n) is 13.7. The Morgan fingerprint density at radius 2 is 1.61 bits per heavy atom. The lowest BCUT2D eigenvalue weighted by atomic mass is 9.79. The molecule has 0 bridgehead atoms. The Labute approximate surface area is 292 Å². The molecule has 2 aliphatic heterocycles. The lowest BCUT2D eigenvalue weighted by molar-refractivity contribution is -0.254. The van der Waals surface area contributed by atoms with Gasteiger partial charge in [-0.15, -0.1) is 0 Å². The highest BCUT2D eigenvalue weighted by molar-refractivity contribution is 5.89. The number of nitrogens with zero attached hydrogens (tertiary/aromatic N) is 1. The zero-order valence-corrected chi connectivity index (χ0v) is 30.2. The van der Waals surface area contributed by atoms with Gasteiger partial charge in [-0.3, -0.25) is 14.4 Å². The third-order valence-corrected chi connectivity index (χ3v) is 9.99. The molecule has 0 aliphatic carbocycles. The molecule has 2 fully saturated rings. The number of unbranched alkanes of at least 4 members (excludes halogenated alkanes) is 3. The Hall–Kier alpha value is -3.31. The quantitative estimate of drug-likeness (QED) is 0.137. The SMILES string of the molecule is CC[C@@H]1C[C@@H](OC(=O)CCC(C)=O)CN1C(=O)CCCCCNC(=O)CCCCO[C@H]1OC(COC(=O)c2ccccc2)[C@@H](C)[C@H](C)C1C. The number of hydrogen-bond acceptors (Lipinski definition) is 9. The van der Waals surface area contributed by atoms with Crippen LogP contribution in [0.5, 0.6) is 0 Å². The van der Waals surface area contributed by atoms with E-state index in [4.69, 9.17) is 18.9 Å². The topological polar surface area (TPSA) is 138 Å². The molecule has 2 unspecified atom stereocenters. The molecule has 7 atom stereocenters. The van der Waals surface area contributed by atoms with E-state index < -0.39 is 6.29 Å². The van der Waals surface area contributed by atoms with Crippen molar-refractivity contribution in [2.45, 2.75) is 130 Å². The zero-order valence-electron chi connectivity index (χ0n) is 30.2. The molecule has 1 aromatic rings. The molecular weight excluding hydrogens is 628 g/mol. The predicted molar refractivity (Wildman–Crippen MR) is 184 cm³/mol. The Morgan fingerprint density at radius 1 is 0.878 bits per heavy atom. The number of carbonyl (C=O) groups excluding carboxylic acids is 5. The summed E-state index contributed by atoms with van der Waals surface area (Å²) in [7, 11) is 0. The standard InChI is InChI=1S/C38H58N2O9/c1-6-31-23-32(48-36(44)20-19-26(2)41)24-40(31)35(43)18-11-8-13-21-39-34(42)17-12-14-22-46-38-29(5)27(3)28(4)33(49-38)25-47-37(45)30-15-9-7-10-16-30/h7,9-10,15-16,27-29,31-33,38H,6,8,11-14,17-25H2,1-5H3,(H,39,42)/t27-,28-,29?,31+,32+,33?,38-/m0/s1. The molecule has 0 aromatic heterocycles. The highest BCUT2D eigenvalue weighted by Crippen LogP contribution is 2.36. The van der Waals surface area contributed by atoms with Crippen LogP contribution in [0.4, 0.5) is 0 Å². The van der Waals surface area contributed by atoms with Crippen LogP contribution < -0.4 is 5.32 Å². The van der Waals surface area contributed by atoms with Crippen molar-refractivity contribution in [2.75, 3.05) is 26.3 Å². The van der Waals surface area contributed by atoms with Crippen LogP contribution in [0, 0.1) is 17.8 Å². The molecule has 274 valence electrons. The highest BCUT2D eigenvalue weighted by atomic mass is 16.7. The van der Waals surface area contributed by atoms with Crippen LogP contribution in [0.2, 0.25) is 0 Å². The van der Waals surface area contributed by atoms with Crippen LogP contribution in [0.25, 0.3) is 0 Å². The van der Waals surface area contributed by atoms with Gasteiger partial charge in [-0.05, 0) is 63.0 Å². The molecule has 1 aromatic carbocycles. The van der Waals surface area contributed by atoms with E-state index in [1.165, 1.54) is 6.92 Å². The maximum Gasteiger partial charge on any atom is 0.338 e. The van der Waals surface area contributed by atoms with Crippen LogP contribution in [0.1, 0.15) is 116 Å². The number of amides is 2. The van der Waals surface area contributed by atoms with Gasteiger partial charge in [0.25, 0.3) is 0 Å². The summed E-state index contributed by atoms with van der Waals surface area (Å²) in [4.78, 5) is 62.6. The minimum atomic E-state index is -0.395. The average Bonchev–Trinajstić information content (AvgIpc) is 3.51. The smallest absolute Gasteiger partial charge is 0.338 e. The second kappa shape index (κ2) is 21.0. The summed E-state index contributed by atoms with van der Waals surface area (Å²) in [5.74, 6) is -0.00605. The zero-order chi connectivity index (χ0) is 35.8. The van der Waals surface area contributed by atoms with Crippen LogP contribution in [-0.2, 0) is 38.1 Å². The first-order chi connectivity index (χ1) is 23.5. The molecular formula is C38H58N2O9. The van der Waals surface area contributed by atoms with Crippen molar-refractivity contribution in [3.8, 4) is 0 Å². The van der Waals surface area contributed by atoms with Gasteiger partial charge >= 0.3 is 11.9 Å². The number of Topliss-reactive ketones (excluding diaryl/α,β-unsaturated/α-hetero) is 1. The molecule has 2 aliphatic rings. The Morgan fingerprint density at radius 3 is 2.33 bits per heavy atom. The molecule has 1 N–H and O–H groups in total. The average molecular weight is 687 g/mol. The van der Waals surface area contributed by atoms with E-state index in [9.17, 15) is 24.0 Å². The summed E-state index contributed by atoms with van der Waals surface area (Å²) >= 11 is 0. The number of carbonyl (C=O) groups is 5. The van der Waals surface area contributed by atoms with E-state index in [-0.39, 0.29) is 79.1 Å². The summed E-state index contributed by atoms with van der Waals surface area (Å²) in [6.07, 6.45) is 5.35. The van der Waals surface area contributed by atoms with Gasteiger partial charge in [0.2, 0.25) is 11.8 Å². The first-order valence-electron chi connectivity index (χ1n) is 18.2. The summed E-state index contributed by atoms with van der Waals surface area (Å²) < 4.78 is 23.4.